The second-order valence-electron chi connectivity index (χ2n) is 3.29. The minimum absolute atomic E-state index is 0.0667. The molecule has 0 fully saturated rings. The molecule has 0 unspecified atom stereocenters. The first-order valence-corrected chi connectivity index (χ1v) is 6.14. The van der Waals surface area contributed by atoms with E-state index in [9.17, 15) is 8.42 Å². The van der Waals surface area contributed by atoms with Crippen molar-refractivity contribution in [1.82, 2.24) is 9.97 Å². The molecule has 8 heteroatoms. The van der Waals surface area contributed by atoms with Gasteiger partial charge in [-0.15, -0.1) is 4.40 Å². The zero-order valence-electron chi connectivity index (χ0n) is 8.66. The number of aromatic nitrogens is 2. The average Bonchev–Trinajstić information content (AvgIpc) is 2.23. The molecule has 7 nitrogen and oxygen atoms in total. The molecule has 0 atom stereocenters. The van der Waals surface area contributed by atoms with Crippen LogP contribution in [0.5, 0.6) is 0 Å². The van der Waals surface area contributed by atoms with E-state index in [0.29, 0.717) is 24.3 Å². The van der Waals surface area contributed by atoms with Gasteiger partial charge in [-0.05, 0) is 6.42 Å². The van der Waals surface area contributed by atoms with E-state index in [4.69, 9.17) is 5.73 Å². The highest BCUT2D eigenvalue weighted by Crippen LogP contribution is 2.25. The summed E-state index contributed by atoms with van der Waals surface area (Å²) in [4.78, 5) is 7.74. The number of hydrogen-bond donors (Lipinski definition) is 1. The van der Waals surface area contributed by atoms with E-state index in [1.165, 1.54) is 12.5 Å². The normalized spacial score (nSPS) is 17.8. The maximum absolute atomic E-state index is 11.7. The largest absolute Gasteiger partial charge is 0.382 e. The van der Waals surface area contributed by atoms with E-state index >= 15 is 0 Å². The van der Waals surface area contributed by atoms with Crippen molar-refractivity contribution in [3.63, 3.8) is 0 Å². The van der Waals surface area contributed by atoms with Crippen LogP contribution in [0, 0.1) is 0 Å². The van der Waals surface area contributed by atoms with Crippen LogP contribution in [0.2, 0.25) is 0 Å². The molecule has 1 aromatic rings. The third kappa shape index (κ3) is 1.60. The third-order valence-corrected chi connectivity index (χ3v) is 3.46. The summed E-state index contributed by atoms with van der Waals surface area (Å²) >= 11 is 0. The fourth-order valence-electron chi connectivity index (χ4n) is 1.46. The highest BCUT2D eigenvalue weighted by atomic mass is 32.2. The molecule has 1 aliphatic rings. The molecule has 2 N–H and O–H groups in total. The van der Waals surface area contributed by atoms with Gasteiger partial charge in [0.25, 0.3) is 0 Å². The van der Waals surface area contributed by atoms with Gasteiger partial charge in [-0.25, -0.2) is 14.3 Å². The molecule has 0 saturated carbocycles. The quantitative estimate of drug-likeness (QED) is 0.763. The minimum Gasteiger partial charge on any atom is -0.382 e. The molecule has 0 amide bonds. The van der Waals surface area contributed by atoms with Gasteiger partial charge in [0, 0.05) is 12.7 Å². The smallest absolute Gasteiger partial charge is 0.347 e. The van der Waals surface area contributed by atoms with Crippen LogP contribution in [0.25, 0.3) is 0 Å². The van der Waals surface area contributed by atoms with Crippen molar-refractivity contribution in [2.75, 3.05) is 10.8 Å². The fourth-order valence-corrected chi connectivity index (χ4v) is 2.68. The molecule has 0 saturated heterocycles. The first-order chi connectivity index (χ1) is 7.56. The van der Waals surface area contributed by atoms with Gasteiger partial charge < -0.3 is 5.73 Å². The van der Waals surface area contributed by atoms with Gasteiger partial charge in [0.2, 0.25) is 0 Å². The number of fused-ring (bicyclic) bond motifs is 1. The monoisotopic (exact) mass is 241 g/mol. The van der Waals surface area contributed by atoms with E-state index in [2.05, 4.69) is 14.4 Å². The molecule has 0 bridgehead atoms. The number of nitrogens with zero attached hydrogens (tertiary/aromatic N) is 4. The minimum atomic E-state index is -3.74. The van der Waals surface area contributed by atoms with Crippen LogP contribution in [0.3, 0.4) is 0 Å². The molecule has 0 radical (unpaired) electrons. The molecule has 16 heavy (non-hydrogen) atoms. The van der Waals surface area contributed by atoms with Gasteiger partial charge in [0.1, 0.15) is 6.33 Å². The molecular weight excluding hydrogens is 230 g/mol. The average molecular weight is 241 g/mol. The lowest BCUT2D eigenvalue weighted by Crippen LogP contribution is -2.38. The molecular formula is C8H11N5O2S. The molecule has 0 aliphatic carbocycles. The molecule has 2 heterocycles. The maximum atomic E-state index is 11.7. The van der Waals surface area contributed by atoms with Crippen molar-refractivity contribution in [1.29, 1.82) is 0 Å². The number of amidine groups is 1. The lowest BCUT2D eigenvalue weighted by molar-refractivity contribution is 0.590. The van der Waals surface area contributed by atoms with Crippen LogP contribution < -0.4 is 10.0 Å². The topological polar surface area (TPSA) is 102 Å². The van der Waals surface area contributed by atoms with Gasteiger partial charge in [0.15, 0.2) is 11.7 Å². The van der Waals surface area contributed by atoms with Gasteiger partial charge in [-0.2, -0.15) is 8.42 Å². The Morgan fingerprint density at radius 3 is 2.94 bits per heavy atom. The summed E-state index contributed by atoms with van der Waals surface area (Å²) in [7, 11) is -3.74. The van der Waals surface area contributed by atoms with Crippen molar-refractivity contribution >= 4 is 21.9 Å². The number of nitrogens with two attached hydrogens (primary N) is 1. The van der Waals surface area contributed by atoms with Crippen molar-refractivity contribution in [2.24, 2.45) is 10.1 Å². The van der Waals surface area contributed by atoms with Gasteiger partial charge in [-0.1, -0.05) is 6.92 Å². The summed E-state index contributed by atoms with van der Waals surface area (Å²) < 4.78 is 28.1. The van der Waals surface area contributed by atoms with E-state index < -0.39 is 10.2 Å². The predicted octanol–water partition coefficient (Wildman–Crippen LogP) is -0.343. The molecule has 0 spiro atoms. The van der Waals surface area contributed by atoms with Crippen molar-refractivity contribution in [3.05, 3.63) is 18.1 Å². The van der Waals surface area contributed by atoms with E-state index in [0.717, 1.165) is 4.31 Å². The molecule has 1 aliphatic heterocycles. The van der Waals surface area contributed by atoms with E-state index in [-0.39, 0.29) is 5.84 Å². The predicted molar refractivity (Wildman–Crippen MR) is 59.3 cm³/mol. The molecule has 0 aromatic carbocycles. The zero-order valence-corrected chi connectivity index (χ0v) is 9.48. The summed E-state index contributed by atoms with van der Waals surface area (Å²) in [6.45, 7) is 2.20. The molecule has 86 valence electrons. The Balaban J connectivity index is 2.63. The van der Waals surface area contributed by atoms with Crippen LogP contribution in [0.1, 0.15) is 18.9 Å². The van der Waals surface area contributed by atoms with Gasteiger partial charge in [-0.3, -0.25) is 0 Å². The SMILES string of the molecule is CCCN1c2ncncc2C(N)=NS1(=O)=O. The maximum Gasteiger partial charge on any atom is 0.347 e. The third-order valence-electron chi connectivity index (χ3n) is 2.12. The fraction of sp³-hybridized carbons (Fsp3) is 0.375. The number of rotatable bonds is 2. The lowest BCUT2D eigenvalue weighted by Gasteiger charge is -2.25. The number of hydrogen-bond acceptors (Lipinski definition) is 5. The Labute approximate surface area is 93.2 Å². The van der Waals surface area contributed by atoms with E-state index in [1.807, 2.05) is 6.92 Å². The highest BCUT2D eigenvalue weighted by Gasteiger charge is 2.30. The van der Waals surface area contributed by atoms with Crippen LogP contribution >= 0.6 is 0 Å². The summed E-state index contributed by atoms with van der Waals surface area (Å²) in [5.74, 6) is 0.229. The van der Waals surface area contributed by atoms with Gasteiger partial charge >= 0.3 is 10.2 Å². The van der Waals surface area contributed by atoms with Crippen LogP contribution in [-0.2, 0) is 10.2 Å². The van der Waals surface area contributed by atoms with Crippen molar-refractivity contribution < 1.29 is 8.42 Å². The first kappa shape index (κ1) is 10.8. The summed E-state index contributed by atoms with van der Waals surface area (Å²) in [6, 6.07) is 0. The second kappa shape index (κ2) is 3.71. The Morgan fingerprint density at radius 2 is 2.25 bits per heavy atom. The second-order valence-corrected chi connectivity index (χ2v) is 4.81. The lowest BCUT2D eigenvalue weighted by atomic mass is 10.3. The van der Waals surface area contributed by atoms with Crippen LogP contribution in [0.15, 0.2) is 16.9 Å². The Morgan fingerprint density at radius 1 is 1.50 bits per heavy atom. The summed E-state index contributed by atoms with van der Waals surface area (Å²) in [5, 5.41) is 0. The summed E-state index contributed by atoms with van der Waals surface area (Å²) in [6.07, 6.45) is 3.41. The van der Waals surface area contributed by atoms with Gasteiger partial charge in [0.05, 0.1) is 5.56 Å². The van der Waals surface area contributed by atoms with E-state index in [1.54, 1.807) is 0 Å². The molecule has 1 aromatic heterocycles. The van der Waals surface area contributed by atoms with Crippen LogP contribution in [-0.4, -0.2) is 30.8 Å². The Kier molecular flexibility index (Phi) is 2.50. The Bertz CT molecular complexity index is 539. The highest BCUT2D eigenvalue weighted by molar-refractivity contribution is 7.91. The standard InChI is InChI=1S/C8H11N5O2S/c1-2-3-13-8-6(4-10-5-11-8)7(9)12-16(13,14)15/h4-5H,2-3H2,1H3,(H2,9,12). The summed E-state index contributed by atoms with van der Waals surface area (Å²) in [5.41, 5.74) is 5.99. The van der Waals surface area contributed by atoms with Crippen molar-refractivity contribution in [2.45, 2.75) is 13.3 Å². The van der Waals surface area contributed by atoms with Crippen LogP contribution in [0.4, 0.5) is 5.82 Å². The first-order valence-electron chi connectivity index (χ1n) is 4.74. The zero-order chi connectivity index (χ0) is 11.8. The Hall–Kier alpha value is -1.70. The number of anilines is 1. The molecule has 2 rings (SSSR count). The van der Waals surface area contributed by atoms with Crippen molar-refractivity contribution in [3.8, 4) is 0 Å².